The quantitative estimate of drug-likeness (QED) is 0.287. The predicted molar refractivity (Wildman–Crippen MR) is 23.9 cm³/mol. The highest BCUT2D eigenvalue weighted by atomic mass is 15.7. The largest absolute Gasteiger partial charge is 0.256 e. The first kappa shape index (κ1) is 5.84. The zero-order valence-corrected chi connectivity index (χ0v) is 3.81. The van der Waals surface area contributed by atoms with Crippen LogP contribution in [-0.2, 0) is 0 Å². The average Bonchev–Trinajstić information content (AvgIpc) is 1.65. The van der Waals surface area contributed by atoms with Gasteiger partial charge in [0.15, 0.2) is 0 Å². The SMILES string of the molecule is CCN(N)NN. The van der Waals surface area contributed by atoms with E-state index in [2.05, 4.69) is 5.53 Å². The molecular formula is C2H10N4. The minimum absolute atomic E-state index is 0.705. The molecule has 0 aromatic heterocycles. The Kier molecular flexibility index (Phi) is 2.97. The van der Waals surface area contributed by atoms with Gasteiger partial charge in [-0.3, -0.25) is 11.7 Å². The number of hydrogen-bond donors (Lipinski definition) is 3. The van der Waals surface area contributed by atoms with E-state index in [0.717, 1.165) is 0 Å². The van der Waals surface area contributed by atoms with Crippen LogP contribution in [0.25, 0.3) is 0 Å². The van der Waals surface area contributed by atoms with E-state index >= 15 is 0 Å². The topological polar surface area (TPSA) is 67.3 Å². The van der Waals surface area contributed by atoms with Gasteiger partial charge in [-0.1, -0.05) is 0 Å². The second-order valence-electron chi connectivity index (χ2n) is 0.915. The van der Waals surface area contributed by atoms with Crippen LogP contribution in [0, 0.1) is 0 Å². The standard InChI is InChI=1S/C2H10N4/c1-2-6(4)5-3/h5H,2-4H2,1H3. The van der Waals surface area contributed by atoms with E-state index in [1.54, 1.807) is 0 Å². The molecule has 0 amide bonds. The van der Waals surface area contributed by atoms with Crippen molar-refractivity contribution in [1.29, 1.82) is 0 Å². The van der Waals surface area contributed by atoms with E-state index in [9.17, 15) is 0 Å². The van der Waals surface area contributed by atoms with E-state index in [1.807, 2.05) is 6.92 Å². The van der Waals surface area contributed by atoms with Crippen molar-refractivity contribution in [3.05, 3.63) is 0 Å². The summed E-state index contributed by atoms with van der Waals surface area (Å²) in [5, 5.41) is 1.28. The Balaban J connectivity index is 2.75. The second kappa shape index (κ2) is 3.05. The van der Waals surface area contributed by atoms with Crippen molar-refractivity contribution in [3.63, 3.8) is 0 Å². The van der Waals surface area contributed by atoms with Gasteiger partial charge in [0, 0.05) is 6.54 Å². The van der Waals surface area contributed by atoms with Gasteiger partial charge in [-0.15, -0.1) is 0 Å². The molecule has 0 aliphatic carbocycles. The van der Waals surface area contributed by atoms with Crippen LogP contribution >= 0.6 is 0 Å². The van der Waals surface area contributed by atoms with Crippen LogP contribution in [0.5, 0.6) is 0 Å². The summed E-state index contributed by atoms with van der Waals surface area (Å²) in [4.78, 5) is 0. The first-order valence-electron chi connectivity index (χ1n) is 1.79. The Morgan fingerprint density at radius 1 is 1.83 bits per heavy atom. The third-order valence-electron chi connectivity index (χ3n) is 0.507. The molecule has 0 heterocycles. The lowest BCUT2D eigenvalue weighted by Gasteiger charge is -2.08. The molecule has 0 aliphatic rings. The minimum Gasteiger partial charge on any atom is -0.256 e. The summed E-state index contributed by atoms with van der Waals surface area (Å²) in [5.41, 5.74) is 2.23. The number of nitrogens with one attached hydrogen (secondary N) is 1. The highest BCUT2D eigenvalue weighted by molar-refractivity contribution is 4.20. The van der Waals surface area contributed by atoms with Crippen molar-refractivity contribution in [1.82, 2.24) is 10.7 Å². The molecule has 0 aliphatic heterocycles. The molecule has 0 aromatic carbocycles. The summed E-state index contributed by atoms with van der Waals surface area (Å²) in [6.45, 7) is 2.59. The van der Waals surface area contributed by atoms with E-state index in [4.69, 9.17) is 11.7 Å². The molecule has 0 unspecified atom stereocenters. The number of hydrazine groups is 3. The Morgan fingerprint density at radius 3 is 2.33 bits per heavy atom. The van der Waals surface area contributed by atoms with Crippen molar-refractivity contribution in [2.24, 2.45) is 11.7 Å². The maximum atomic E-state index is 5.07. The van der Waals surface area contributed by atoms with Crippen LogP contribution in [0.4, 0.5) is 0 Å². The number of nitrogens with two attached hydrogens (primary N) is 2. The van der Waals surface area contributed by atoms with Gasteiger partial charge in [-0.05, 0) is 6.92 Å². The highest BCUT2D eigenvalue weighted by Gasteiger charge is 1.80. The number of hydrogen-bond acceptors (Lipinski definition) is 4. The van der Waals surface area contributed by atoms with Crippen molar-refractivity contribution < 1.29 is 0 Å². The third-order valence-corrected chi connectivity index (χ3v) is 0.507. The monoisotopic (exact) mass is 90.1 g/mol. The lowest BCUT2D eigenvalue weighted by Crippen LogP contribution is -2.47. The summed E-state index contributed by atoms with van der Waals surface area (Å²) >= 11 is 0. The molecule has 0 saturated carbocycles. The predicted octanol–water partition coefficient (Wildman–Crippen LogP) is -1.44. The Hall–Kier alpha value is -0.160. The fourth-order valence-electron chi connectivity index (χ4n) is 0.0913. The Bertz CT molecular complexity index is 24.7. The molecule has 38 valence electrons. The first-order chi connectivity index (χ1) is 2.81. The van der Waals surface area contributed by atoms with Crippen LogP contribution in [0.1, 0.15) is 6.92 Å². The summed E-state index contributed by atoms with van der Waals surface area (Å²) < 4.78 is 0. The molecule has 0 spiro atoms. The molecule has 4 nitrogen and oxygen atoms in total. The van der Waals surface area contributed by atoms with Crippen molar-refractivity contribution in [3.8, 4) is 0 Å². The van der Waals surface area contributed by atoms with Gasteiger partial charge in [0.2, 0.25) is 0 Å². The molecule has 0 atom stereocenters. The van der Waals surface area contributed by atoms with Crippen LogP contribution < -0.4 is 17.2 Å². The smallest absolute Gasteiger partial charge is 0.0270 e. The van der Waals surface area contributed by atoms with Gasteiger partial charge < -0.3 is 0 Å². The number of rotatable bonds is 2. The number of nitrogens with zero attached hydrogens (tertiary/aromatic N) is 1. The molecular weight excluding hydrogens is 80.0 g/mol. The third kappa shape index (κ3) is 2.10. The highest BCUT2D eigenvalue weighted by Crippen LogP contribution is 1.56. The van der Waals surface area contributed by atoms with Crippen LogP contribution in [0.15, 0.2) is 0 Å². The Labute approximate surface area is 37.0 Å². The molecule has 0 aromatic rings. The molecule has 5 N–H and O–H groups in total. The normalized spacial score (nSPS) is 10.0. The average molecular weight is 90.1 g/mol. The zero-order chi connectivity index (χ0) is 4.99. The van der Waals surface area contributed by atoms with Crippen LogP contribution in [0.3, 0.4) is 0 Å². The molecule has 0 fully saturated rings. The lowest BCUT2D eigenvalue weighted by atomic mass is 10.8. The van der Waals surface area contributed by atoms with Crippen LogP contribution in [0.2, 0.25) is 0 Å². The maximum absolute atomic E-state index is 5.07. The zero-order valence-electron chi connectivity index (χ0n) is 3.81. The van der Waals surface area contributed by atoms with Gasteiger partial charge in [0.1, 0.15) is 0 Å². The fraction of sp³-hybridized carbons (Fsp3) is 1.00. The molecule has 0 saturated heterocycles. The van der Waals surface area contributed by atoms with E-state index in [0.29, 0.717) is 6.54 Å². The second-order valence-corrected chi connectivity index (χ2v) is 0.915. The molecule has 0 radical (unpaired) electrons. The summed E-state index contributed by atoms with van der Waals surface area (Å²) in [6, 6.07) is 0. The summed E-state index contributed by atoms with van der Waals surface area (Å²) in [6.07, 6.45) is 0. The minimum atomic E-state index is 0.705. The molecule has 0 bridgehead atoms. The Morgan fingerprint density at radius 2 is 2.33 bits per heavy atom. The van der Waals surface area contributed by atoms with Gasteiger partial charge >= 0.3 is 0 Å². The van der Waals surface area contributed by atoms with E-state index < -0.39 is 0 Å². The van der Waals surface area contributed by atoms with E-state index in [-0.39, 0.29) is 0 Å². The van der Waals surface area contributed by atoms with Crippen molar-refractivity contribution in [2.75, 3.05) is 6.54 Å². The van der Waals surface area contributed by atoms with Gasteiger partial charge in [-0.2, -0.15) is 10.7 Å². The summed E-state index contributed by atoms with van der Waals surface area (Å²) in [7, 11) is 0. The van der Waals surface area contributed by atoms with Gasteiger partial charge in [0.05, 0.1) is 0 Å². The van der Waals surface area contributed by atoms with E-state index in [1.165, 1.54) is 5.12 Å². The molecule has 6 heavy (non-hydrogen) atoms. The van der Waals surface area contributed by atoms with Crippen molar-refractivity contribution >= 4 is 0 Å². The van der Waals surface area contributed by atoms with Gasteiger partial charge in [0.25, 0.3) is 0 Å². The molecule has 0 rings (SSSR count). The van der Waals surface area contributed by atoms with Crippen LogP contribution in [-0.4, -0.2) is 11.7 Å². The maximum Gasteiger partial charge on any atom is 0.0270 e. The van der Waals surface area contributed by atoms with Crippen molar-refractivity contribution in [2.45, 2.75) is 6.92 Å². The fourth-order valence-corrected chi connectivity index (χ4v) is 0.0913. The van der Waals surface area contributed by atoms with Gasteiger partial charge in [-0.25, -0.2) is 0 Å². The summed E-state index contributed by atoms with van der Waals surface area (Å²) in [5.74, 6) is 9.90. The molecule has 4 heteroatoms. The lowest BCUT2D eigenvalue weighted by molar-refractivity contribution is 0.206. The first-order valence-corrected chi connectivity index (χ1v) is 1.79.